The first-order chi connectivity index (χ1) is 10.1. The molecule has 1 amide bonds. The van der Waals surface area contributed by atoms with Crippen LogP contribution in [-0.2, 0) is 9.59 Å². The number of unbranched alkanes of at least 4 members (excludes halogenated alkanes) is 1. The van der Waals surface area contributed by atoms with Crippen LogP contribution in [0, 0.1) is 0 Å². The summed E-state index contributed by atoms with van der Waals surface area (Å²) < 4.78 is 5.20. The van der Waals surface area contributed by atoms with Crippen LogP contribution in [0.15, 0.2) is 41.1 Å². The molecule has 0 bridgehead atoms. The zero-order valence-electron chi connectivity index (χ0n) is 11.4. The summed E-state index contributed by atoms with van der Waals surface area (Å²) >= 11 is 0. The molecule has 1 aromatic carbocycles. The number of nitrogens with one attached hydrogen (secondary N) is 1. The third-order valence-corrected chi connectivity index (χ3v) is 2.87. The second kappa shape index (κ2) is 7.23. The predicted molar refractivity (Wildman–Crippen MR) is 76.7 cm³/mol. The van der Waals surface area contributed by atoms with Gasteiger partial charge in [-0.3, -0.25) is 9.59 Å². The SMILES string of the molecule is O=C(O)CCCCC(=O)Nc1cccc(-c2ncco2)c1. The van der Waals surface area contributed by atoms with Crippen LogP contribution < -0.4 is 5.32 Å². The van der Waals surface area contributed by atoms with Crippen molar-refractivity contribution in [3.05, 3.63) is 36.7 Å². The molecule has 2 rings (SSSR count). The molecule has 0 fully saturated rings. The Bertz CT molecular complexity index is 608. The first-order valence-corrected chi connectivity index (χ1v) is 6.67. The van der Waals surface area contributed by atoms with Crippen LogP contribution in [0.1, 0.15) is 25.7 Å². The highest BCUT2D eigenvalue weighted by molar-refractivity contribution is 5.91. The van der Waals surface area contributed by atoms with Crippen molar-refractivity contribution in [3.63, 3.8) is 0 Å². The number of carboxylic acids is 1. The number of oxazole rings is 1. The zero-order chi connectivity index (χ0) is 15.1. The largest absolute Gasteiger partial charge is 0.481 e. The van der Waals surface area contributed by atoms with Crippen molar-refractivity contribution in [1.82, 2.24) is 4.98 Å². The molecule has 6 nitrogen and oxygen atoms in total. The minimum Gasteiger partial charge on any atom is -0.481 e. The second-order valence-corrected chi connectivity index (χ2v) is 4.57. The van der Waals surface area contributed by atoms with Crippen LogP contribution in [0.5, 0.6) is 0 Å². The van der Waals surface area contributed by atoms with E-state index in [1.165, 1.54) is 6.26 Å². The molecule has 2 N–H and O–H groups in total. The highest BCUT2D eigenvalue weighted by atomic mass is 16.4. The smallest absolute Gasteiger partial charge is 0.303 e. The molecule has 0 atom stereocenters. The highest BCUT2D eigenvalue weighted by Crippen LogP contribution is 2.21. The molecule has 21 heavy (non-hydrogen) atoms. The predicted octanol–water partition coefficient (Wildman–Crippen LogP) is 2.93. The average molecular weight is 288 g/mol. The van der Waals surface area contributed by atoms with Gasteiger partial charge in [0.15, 0.2) is 0 Å². The van der Waals surface area contributed by atoms with Crippen molar-refractivity contribution >= 4 is 17.6 Å². The van der Waals surface area contributed by atoms with Gasteiger partial charge in [-0.2, -0.15) is 0 Å². The molecule has 0 saturated carbocycles. The maximum absolute atomic E-state index is 11.8. The summed E-state index contributed by atoms with van der Waals surface area (Å²) in [4.78, 5) is 26.2. The van der Waals surface area contributed by atoms with Crippen LogP contribution in [0.25, 0.3) is 11.5 Å². The molecule has 0 radical (unpaired) electrons. The van der Waals surface area contributed by atoms with E-state index in [2.05, 4.69) is 10.3 Å². The normalized spacial score (nSPS) is 10.3. The number of carbonyl (C=O) groups excluding carboxylic acids is 1. The highest BCUT2D eigenvalue weighted by Gasteiger charge is 2.06. The van der Waals surface area contributed by atoms with E-state index in [0.29, 0.717) is 30.8 Å². The number of carboxylic acid groups (broad SMARTS) is 1. The van der Waals surface area contributed by atoms with Gasteiger partial charge in [0, 0.05) is 24.1 Å². The molecule has 2 aromatic rings. The molecule has 0 spiro atoms. The van der Waals surface area contributed by atoms with E-state index < -0.39 is 5.97 Å². The monoisotopic (exact) mass is 288 g/mol. The van der Waals surface area contributed by atoms with Crippen molar-refractivity contribution in [2.75, 3.05) is 5.32 Å². The van der Waals surface area contributed by atoms with E-state index in [1.807, 2.05) is 6.07 Å². The van der Waals surface area contributed by atoms with Gasteiger partial charge < -0.3 is 14.8 Å². The van der Waals surface area contributed by atoms with Crippen LogP contribution in [0.3, 0.4) is 0 Å². The number of benzene rings is 1. The number of carbonyl (C=O) groups is 2. The van der Waals surface area contributed by atoms with Crippen LogP contribution in [0.4, 0.5) is 5.69 Å². The van der Waals surface area contributed by atoms with Gasteiger partial charge >= 0.3 is 5.97 Å². The number of nitrogens with zero attached hydrogens (tertiary/aromatic N) is 1. The van der Waals surface area contributed by atoms with Gasteiger partial charge in [-0.15, -0.1) is 0 Å². The summed E-state index contributed by atoms with van der Waals surface area (Å²) in [6.45, 7) is 0. The summed E-state index contributed by atoms with van der Waals surface area (Å²) in [6.07, 6.45) is 4.49. The third kappa shape index (κ3) is 4.76. The molecule has 0 aliphatic rings. The Morgan fingerprint density at radius 1 is 1.24 bits per heavy atom. The standard InChI is InChI=1S/C15H16N2O4/c18-13(6-1-2-7-14(19)20)17-12-5-3-4-11(10-12)15-16-8-9-21-15/h3-5,8-10H,1-2,6-7H2,(H,17,18)(H,19,20). The molecule has 1 aromatic heterocycles. The van der Waals surface area contributed by atoms with Gasteiger partial charge in [-0.05, 0) is 31.0 Å². The first kappa shape index (κ1) is 14.8. The summed E-state index contributed by atoms with van der Waals surface area (Å²) in [6, 6.07) is 7.20. The fourth-order valence-electron chi connectivity index (χ4n) is 1.88. The molecule has 1 heterocycles. The van der Waals surface area contributed by atoms with Crippen molar-refractivity contribution in [3.8, 4) is 11.5 Å². The topological polar surface area (TPSA) is 92.4 Å². The van der Waals surface area contributed by atoms with Crippen molar-refractivity contribution in [2.24, 2.45) is 0 Å². The quantitative estimate of drug-likeness (QED) is 0.764. The Balaban J connectivity index is 1.86. The Morgan fingerprint density at radius 3 is 2.76 bits per heavy atom. The summed E-state index contributed by atoms with van der Waals surface area (Å²) in [7, 11) is 0. The van der Waals surface area contributed by atoms with Crippen LogP contribution in [-0.4, -0.2) is 22.0 Å². The Labute approximate surface area is 121 Å². The number of anilines is 1. The second-order valence-electron chi connectivity index (χ2n) is 4.57. The van der Waals surface area contributed by atoms with E-state index in [1.54, 1.807) is 24.4 Å². The van der Waals surface area contributed by atoms with E-state index in [9.17, 15) is 9.59 Å². The summed E-state index contributed by atoms with van der Waals surface area (Å²) in [5, 5.41) is 11.3. The van der Waals surface area contributed by atoms with Gasteiger partial charge in [-0.1, -0.05) is 6.07 Å². The van der Waals surface area contributed by atoms with Crippen molar-refractivity contribution in [2.45, 2.75) is 25.7 Å². The number of hydrogen-bond acceptors (Lipinski definition) is 4. The third-order valence-electron chi connectivity index (χ3n) is 2.87. The minimum atomic E-state index is -0.839. The molecule has 0 saturated heterocycles. The molecule has 6 heteroatoms. The molecule has 0 aliphatic carbocycles. The molecular formula is C15H16N2O4. The van der Waals surface area contributed by atoms with E-state index in [0.717, 1.165) is 5.56 Å². The maximum atomic E-state index is 11.8. The fourth-order valence-corrected chi connectivity index (χ4v) is 1.88. The van der Waals surface area contributed by atoms with Crippen molar-refractivity contribution < 1.29 is 19.1 Å². The average Bonchev–Trinajstić information content (AvgIpc) is 2.98. The van der Waals surface area contributed by atoms with Gasteiger partial charge in [0.2, 0.25) is 11.8 Å². The number of rotatable bonds is 7. The summed E-state index contributed by atoms with van der Waals surface area (Å²) in [5.41, 5.74) is 1.44. The van der Waals surface area contributed by atoms with Gasteiger partial charge in [-0.25, -0.2) is 4.98 Å². The molecule has 110 valence electrons. The van der Waals surface area contributed by atoms with E-state index >= 15 is 0 Å². The lowest BCUT2D eigenvalue weighted by Crippen LogP contribution is -2.11. The number of hydrogen-bond donors (Lipinski definition) is 2. The van der Waals surface area contributed by atoms with Gasteiger partial charge in [0.1, 0.15) is 6.26 Å². The minimum absolute atomic E-state index is 0.0902. The van der Waals surface area contributed by atoms with Gasteiger partial charge in [0.05, 0.1) is 6.20 Å². The number of aliphatic carboxylic acids is 1. The number of aromatic nitrogens is 1. The maximum Gasteiger partial charge on any atom is 0.303 e. The fraction of sp³-hybridized carbons (Fsp3) is 0.267. The van der Waals surface area contributed by atoms with E-state index in [-0.39, 0.29) is 12.3 Å². The van der Waals surface area contributed by atoms with Crippen LogP contribution >= 0.6 is 0 Å². The Hall–Kier alpha value is -2.63. The molecule has 0 unspecified atom stereocenters. The molecular weight excluding hydrogens is 272 g/mol. The summed E-state index contributed by atoms with van der Waals surface area (Å²) in [5.74, 6) is -0.480. The Kier molecular flexibility index (Phi) is 5.09. The number of amides is 1. The first-order valence-electron chi connectivity index (χ1n) is 6.67. The van der Waals surface area contributed by atoms with Gasteiger partial charge in [0.25, 0.3) is 0 Å². The van der Waals surface area contributed by atoms with Crippen molar-refractivity contribution in [1.29, 1.82) is 0 Å². The molecule has 0 aliphatic heterocycles. The lowest BCUT2D eigenvalue weighted by Gasteiger charge is -2.06. The Morgan fingerprint density at radius 2 is 2.05 bits per heavy atom. The van der Waals surface area contributed by atoms with E-state index in [4.69, 9.17) is 9.52 Å². The lowest BCUT2D eigenvalue weighted by molar-refractivity contribution is -0.137. The zero-order valence-corrected chi connectivity index (χ0v) is 11.4. The lowest BCUT2D eigenvalue weighted by atomic mass is 10.1. The van der Waals surface area contributed by atoms with Crippen LogP contribution in [0.2, 0.25) is 0 Å².